The van der Waals surface area contributed by atoms with Crippen LogP contribution in [-0.4, -0.2) is 35.6 Å². The first-order valence-electron chi connectivity index (χ1n) is 19.6. The molecule has 0 spiro atoms. The van der Waals surface area contributed by atoms with Gasteiger partial charge in [-0.3, -0.25) is 14.4 Å². The van der Waals surface area contributed by atoms with Gasteiger partial charge in [-0.25, -0.2) is 0 Å². The third kappa shape index (κ3) is 37.5. The largest absolute Gasteiger partial charge is 0.480 e. The van der Waals surface area contributed by atoms with Gasteiger partial charge in [0.05, 0.1) is 0 Å². The van der Waals surface area contributed by atoms with E-state index in [2.05, 4.69) is 92.1 Å². The van der Waals surface area contributed by atoms with Gasteiger partial charge >= 0.3 is 11.9 Å². The highest BCUT2D eigenvalue weighted by atomic mass is 16.5. The Bertz CT molecular complexity index is 975. The SMILES string of the molecule is CC/C=C\C/C=C\C/C=C\C/C=C\C/C=C\C/C=C\CCCCC(=O)OC(CCCCCCCC)CCCCCCCC(=O)NCC(=O)O. The third-order valence-corrected chi connectivity index (χ3v) is 8.14. The third-order valence-electron chi connectivity index (χ3n) is 8.14. The lowest BCUT2D eigenvalue weighted by Gasteiger charge is -2.18. The first-order chi connectivity index (χ1) is 24.0. The van der Waals surface area contributed by atoms with Crippen LogP contribution in [0.3, 0.4) is 0 Å². The van der Waals surface area contributed by atoms with Crippen molar-refractivity contribution in [3.63, 3.8) is 0 Å². The zero-order valence-corrected chi connectivity index (χ0v) is 31.3. The lowest BCUT2D eigenvalue weighted by Crippen LogP contribution is -2.28. The zero-order valence-electron chi connectivity index (χ0n) is 31.3. The van der Waals surface area contributed by atoms with E-state index in [0.29, 0.717) is 12.8 Å². The Morgan fingerprint density at radius 2 is 1.00 bits per heavy atom. The molecular formula is C43H71NO5. The topological polar surface area (TPSA) is 92.7 Å². The number of hydrogen-bond donors (Lipinski definition) is 2. The van der Waals surface area contributed by atoms with E-state index in [9.17, 15) is 14.4 Å². The Balaban J connectivity index is 4.10. The van der Waals surface area contributed by atoms with E-state index in [4.69, 9.17) is 9.84 Å². The molecule has 2 N–H and O–H groups in total. The van der Waals surface area contributed by atoms with Gasteiger partial charge < -0.3 is 15.2 Å². The monoisotopic (exact) mass is 682 g/mol. The summed E-state index contributed by atoms with van der Waals surface area (Å²) in [5, 5.41) is 11.0. The lowest BCUT2D eigenvalue weighted by molar-refractivity contribution is -0.150. The standard InChI is InChI=1S/C43H71NO5/c1-3-5-7-9-11-12-13-14-15-16-17-18-19-20-21-22-23-24-25-30-34-38-43(48)49-40(35-31-27-10-8-6-4-2)36-32-28-26-29-33-37-41(45)44-39-42(46)47/h5,7,11-12,14-15,17-18,20-21,23-24,40H,3-4,6,8-10,13,16,19,22,25-39H2,1-2H3,(H,44,45)(H,46,47)/b7-5-,12-11-,15-14-,18-17-,21-20-,24-23-. The molecule has 1 amide bonds. The van der Waals surface area contributed by atoms with Crippen molar-refractivity contribution in [2.24, 2.45) is 0 Å². The normalized spacial score (nSPS) is 12.9. The molecule has 6 heteroatoms. The number of nitrogens with one attached hydrogen (secondary N) is 1. The number of aliphatic carboxylic acids is 1. The predicted octanol–water partition coefficient (Wildman–Crippen LogP) is 11.8. The van der Waals surface area contributed by atoms with E-state index < -0.39 is 5.97 Å². The minimum Gasteiger partial charge on any atom is -0.480 e. The molecular weight excluding hydrogens is 610 g/mol. The molecule has 0 aromatic rings. The quantitative estimate of drug-likeness (QED) is 0.0400. The van der Waals surface area contributed by atoms with Crippen LogP contribution in [0.4, 0.5) is 0 Å². The van der Waals surface area contributed by atoms with Gasteiger partial charge in [-0.05, 0) is 89.9 Å². The van der Waals surface area contributed by atoms with Crippen LogP contribution in [0.1, 0.15) is 168 Å². The van der Waals surface area contributed by atoms with E-state index >= 15 is 0 Å². The Hall–Kier alpha value is -3.15. The Morgan fingerprint density at radius 3 is 1.51 bits per heavy atom. The van der Waals surface area contributed by atoms with Crippen LogP contribution in [-0.2, 0) is 19.1 Å². The van der Waals surface area contributed by atoms with Gasteiger partial charge in [-0.15, -0.1) is 0 Å². The minimum atomic E-state index is -1.02. The molecule has 0 rings (SSSR count). The van der Waals surface area contributed by atoms with Gasteiger partial charge in [0, 0.05) is 12.8 Å². The fourth-order valence-electron chi connectivity index (χ4n) is 5.28. The van der Waals surface area contributed by atoms with Crippen LogP contribution in [0.2, 0.25) is 0 Å². The number of rotatable bonds is 34. The van der Waals surface area contributed by atoms with Gasteiger partial charge in [0.25, 0.3) is 0 Å². The average Bonchev–Trinajstić information content (AvgIpc) is 3.08. The Morgan fingerprint density at radius 1 is 0.551 bits per heavy atom. The molecule has 1 atom stereocenters. The van der Waals surface area contributed by atoms with Crippen molar-refractivity contribution >= 4 is 17.8 Å². The zero-order chi connectivity index (χ0) is 35.9. The van der Waals surface area contributed by atoms with E-state index in [1.165, 1.54) is 32.1 Å². The molecule has 0 aliphatic carbocycles. The summed E-state index contributed by atoms with van der Waals surface area (Å²) < 4.78 is 5.95. The number of esters is 1. The number of unbranched alkanes of at least 4 members (excludes halogenated alkanes) is 11. The van der Waals surface area contributed by atoms with E-state index in [0.717, 1.165) is 109 Å². The molecule has 0 aromatic heterocycles. The van der Waals surface area contributed by atoms with Gasteiger partial charge in [0.1, 0.15) is 12.6 Å². The number of carboxylic acids is 1. The molecule has 278 valence electrons. The van der Waals surface area contributed by atoms with Crippen molar-refractivity contribution in [1.29, 1.82) is 0 Å². The van der Waals surface area contributed by atoms with Crippen molar-refractivity contribution in [3.8, 4) is 0 Å². The Labute approximate surface area is 300 Å². The van der Waals surface area contributed by atoms with Crippen LogP contribution in [0, 0.1) is 0 Å². The molecule has 0 saturated heterocycles. The molecule has 0 aliphatic rings. The summed E-state index contributed by atoms with van der Waals surface area (Å²) in [7, 11) is 0. The van der Waals surface area contributed by atoms with Crippen LogP contribution in [0.25, 0.3) is 0 Å². The molecule has 0 fully saturated rings. The number of hydrogen-bond acceptors (Lipinski definition) is 4. The second kappa shape index (κ2) is 37.7. The summed E-state index contributed by atoms with van der Waals surface area (Å²) in [4.78, 5) is 34.8. The minimum absolute atomic E-state index is 0.00355. The molecule has 1 unspecified atom stereocenters. The van der Waals surface area contributed by atoms with Crippen molar-refractivity contribution in [3.05, 3.63) is 72.9 Å². The number of amides is 1. The maximum Gasteiger partial charge on any atom is 0.322 e. The summed E-state index contributed by atoms with van der Waals surface area (Å²) in [6, 6.07) is 0. The van der Waals surface area contributed by atoms with Gasteiger partial charge in [0.2, 0.25) is 5.91 Å². The van der Waals surface area contributed by atoms with Gasteiger partial charge in [0.15, 0.2) is 0 Å². The second-order valence-corrected chi connectivity index (χ2v) is 12.8. The molecule has 6 nitrogen and oxygen atoms in total. The summed E-state index contributed by atoms with van der Waals surface area (Å²) in [5.74, 6) is -1.29. The van der Waals surface area contributed by atoms with Crippen molar-refractivity contribution < 1.29 is 24.2 Å². The van der Waals surface area contributed by atoms with Crippen molar-refractivity contribution in [1.82, 2.24) is 5.32 Å². The molecule has 0 aliphatic heterocycles. The average molecular weight is 682 g/mol. The van der Waals surface area contributed by atoms with Crippen LogP contribution in [0.15, 0.2) is 72.9 Å². The van der Waals surface area contributed by atoms with E-state index in [1.807, 2.05) is 0 Å². The number of ether oxygens (including phenoxy) is 1. The fraction of sp³-hybridized carbons (Fsp3) is 0.651. The number of carbonyl (C=O) groups is 3. The molecule has 0 aromatic carbocycles. The summed E-state index contributed by atoms with van der Waals surface area (Å²) in [6.07, 6.45) is 50.3. The first-order valence-corrected chi connectivity index (χ1v) is 19.6. The van der Waals surface area contributed by atoms with Gasteiger partial charge in [-0.2, -0.15) is 0 Å². The highest BCUT2D eigenvalue weighted by Gasteiger charge is 2.14. The first kappa shape index (κ1) is 45.9. The second-order valence-electron chi connectivity index (χ2n) is 12.8. The lowest BCUT2D eigenvalue weighted by atomic mass is 10.0. The number of allylic oxidation sites excluding steroid dienone is 12. The van der Waals surface area contributed by atoms with Crippen LogP contribution >= 0.6 is 0 Å². The molecule has 0 bridgehead atoms. The van der Waals surface area contributed by atoms with Gasteiger partial charge in [-0.1, -0.05) is 138 Å². The van der Waals surface area contributed by atoms with Crippen LogP contribution < -0.4 is 5.32 Å². The molecule has 0 heterocycles. The maximum absolute atomic E-state index is 12.6. The molecule has 0 saturated carbocycles. The number of carbonyl (C=O) groups excluding carboxylic acids is 2. The van der Waals surface area contributed by atoms with E-state index in [1.54, 1.807) is 0 Å². The van der Waals surface area contributed by atoms with Crippen LogP contribution in [0.5, 0.6) is 0 Å². The van der Waals surface area contributed by atoms with Crippen molar-refractivity contribution in [2.45, 2.75) is 174 Å². The summed E-state index contributed by atoms with van der Waals surface area (Å²) in [5.41, 5.74) is 0. The predicted molar refractivity (Wildman–Crippen MR) is 208 cm³/mol. The maximum atomic E-state index is 12.6. The van der Waals surface area contributed by atoms with Crippen molar-refractivity contribution in [2.75, 3.05) is 6.54 Å². The molecule has 0 radical (unpaired) electrons. The molecule has 49 heavy (non-hydrogen) atoms. The highest BCUT2D eigenvalue weighted by molar-refractivity contribution is 5.80. The highest BCUT2D eigenvalue weighted by Crippen LogP contribution is 2.18. The summed E-state index contributed by atoms with van der Waals surface area (Å²) in [6.45, 7) is 4.07. The fourth-order valence-corrected chi connectivity index (χ4v) is 5.28. The van der Waals surface area contributed by atoms with E-state index in [-0.39, 0.29) is 24.5 Å². The smallest absolute Gasteiger partial charge is 0.322 e. The summed E-state index contributed by atoms with van der Waals surface area (Å²) >= 11 is 0. The number of carboxylic acid groups (broad SMARTS) is 1. The Kier molecular flexibility index (Phi) is 35.2.